The number of hydrogen-bond acceptors (Lipinski definition) is 4. The average Bonchev–Trinajstić information content (AvgIpc) is 3.15. The van der Waals surface area contributed by atoms with Gasteiger partial charge in [0.1, 0.15) is 5.75 Å². The minimum absolute atomic E-state index is 0.102. The highest BCUT2D eigenvalue weighted by molar-refractivity contribution is 6.07. The number of methoxy groups -OCH3 is 1. The summed E-state index contributed by atoms with van der Waals surface area (Å²) in [5, 5.41) is 2.93. The van der Waals surface area contributed by atoms with Crippen molar-refractivity contribution in [1.82, 2.24) is 0 Å². The predicted molar refractivity (Wildman–Crippen MR) is 92.2 cm³/mol. The number of hydrogen-bond donors (Lipinski definition) is 1. The Morgan fingerprint density at radius 2 is 2.04 bits per heavy atom. The fourth-order valence-electron chi connectivity index (χ4n) is 3.47. The maximum absolute atomic E-state index is 12.9. The van der Waals surface area contributed by atoms with Crippen molar-refractivity contribution < 1.29 is 14.3 Å². The Bertz CT molecular complexity index is 803. The maximum atomic E-state index is 12.9. The number of rotatable bonds is 3. The molecule has 5 heteroatoms. The van der Waals surface area contributed by atoms with Gasteiger partial charge in [-0.3, -0.25) is 4.79 Å². The first-order chi connectivity index (χ1) is 11.7. The van der Waals surface area contributed by atoms with Crippen molar-refractivity contribution in [2.75, 3.05) is 23.9 Å². The molecule has 2 aliphatic heterocycles. The van der Waals surface area contributed by atoms with Gasteiger partial charge in [-0.15, -0.1) is 6.58 Å². The van der Waals surface area contributed by atoms with E-state index in [0.717, 1.165) is 22.7 Å². The number of carbonyl (C=O) groups excluding carboxylic acids is 1. The monoisotopic (exact) mass is 322 g/mol. The lowest BCUT2D eigenvalue weighted by atomic mass is 10.0. The van der Waals surface area contributed by atoms with Crippen LogP contribution in [0.5, 0.6) is 5.75 Å². The van der Waals surface area contributed by atoms with E-state index in [0.29, 0.717) is 6.61 Å². The van der Waals surface area contributed by atoms with E-state index in [2.05, 4.69) is 11.9 Å². The lowest BCUT2D eigenvalue weighted by Gasteiger charge is -2.35. The first-order valence-corrected chi connectivity index (χ1v) is 7.81. The van der Waals surface area contributed by atoms with E-state index < -0.39 is 5.72 Å². The van der Waals surface area contributed by atoms with Gasteiger partial charge in [0.25, 0.3) is 11.6 Å². The molecule has 0 aliphatic carbocycles. The Labute approximate surface area is 140 Å². The van der Waals surface area contributed by atoms with Crippen LogP contribution < -0.4 is 15.0 Å². The van der Waals surface area contributed by atoms with Crippen molar-refractivity contribution in [2.24, 2.45) is 0 Å². The zero-order chi connectivity index (χ0) is 16.7. The van der Waals surface area contributed by atoms with Crippen LogP contribution in [-0.2, 0) is 15.3 Å². The zero-order valence-electron chi connectivity index (χ0n) is 13.4. The molecular weight excluding hydrogens is 304 g/mol. The molecular formula is C19H18N2O3. The number of nitrogens with one attached hydrogen (secondary N) is 1. The minimum Gasteiger partial charge on any atom is -0.497 e. The number of fused-ring (bicyclic) bond motifs is 2. The van der Waals surface area contributed by atoms with Crippen LogP contribution in [0.1, 0.15) is 5.56 Å². The highest BCUT2D eigenvalue weighted by atomic mass is 16.5. The highest BCUT2D eigenvalue weighted by Crippen LogP contribution is 2.48. The van der Waals surface area contributed by atoms with Crippen LogP contribution in [-0.4, -0.2) is 25.7 Å². The molecule has 0 saturated carbocycles. The van der Waals surface area contributed by atoms with Gasteiger partial charge in [0.15, 0.2) is 0 Å². The van der Waals surface area contributed by atoms with Crippen molar-refractivity contribution >= 4 is 17.3 Å². The van der Waals surface area contributed by atoms with Gasteiger partial charge < -0.3 is 19.7 Å². The third kappa shape index (κ3) is 1.88. The molecule has 1 amide bonds. The molecule has 0 radical (unpaired) electrons. The van der Waals surface area contributed by atoms with E-state index in [9.17, 15) is 4.79 Å². The van der Waals surface area contributed by atoms with E-state index in [4.69, 9.17) is 9.47 Å². The summed E-state index contributed by atoms with van der Waals surface area (Å²) in [6.45, 7) is 4.31. The number of anilines is 2. The fourth-order valence-corrected chi connectivity index (χ4v) is 3.47. The van der Waals surface area contributed by atoms with Crippen LogP contribution >= 0.6 is 0 Å². The summed E-state index contributed by atoms with van der Waals surface area (Å²) < 4.78 is 11.3. The third-order valence-electron chi connectivity index (χ3n) is 4.60. The number of nitrogens with zero attached hydrogens (tertiary/aromatic N) is 1. The highest BCUT2D eigenvalue weighted by Gasteiger charge is 2.58. The molecule has 1 saturated heterocycles. The number of para-hydroxylation sites is 1. The molecule has 2 aliphatic rings. The number of benzene rings is 2. The topological polar surface area (TPSA) is 50.8 Å². The molecule has 2 aromatic carbocycles. The molecule has 2 heterocycles. The van der Waals surface area contributed by atoms with E-state index in [-0.39, 0.29) is 11.9 Å². The van der Waals surface area contributed by atoms with Gasteiger partial charge in [-0.25, -0.2) is 0 Å². The maximum Gasteiger partial charge on any atom is 0.283 e. The molecule has 2 aromatic rings. The molecule has 24 heavy (non-hydrogen) atoms. The van der Waals surface area contributed by atoms with Gasteiger partial charge in [0.2, 0.25) is 0 Å². The van der Waals surface area contributed by atoms with Gasteiger partial charge in [0, 0.05) is 16.9 Å². The quantitative estimate of drug-likeness (QED) is 0.883. The number of amides is 1. The lowest BCUT2D eigenvalue weighted by molar-refractivity contribution is -0.134. The fraction of sp³-hybridized carbons (Fsp3) is 0.211. The average molecular weight is 322 g/mol. The second kappa shape index (κ2) is 5.39. The van der Waals surface area contributed by atoms with Gasteiger partial charge in [-0.05, 0) is 30.3 Å². The summed E-state index contributed by atoms with van der Waals surface area (Å²) in [6, 6.07) is 15.1. The van der Waals surface area contributed by atoms with E-state index in [1.165, 1.54) is 0 Å². The van der Waals surface area contributed by atoms with Crippen LogP contribution in [0.4, 0.5) is 11.4 Å². The summed E-state index contributed by atoms with van der Waals surface area (Å²) in [5.41, 5.74) is 1.33. The lowest BCUT2D eigenvalue weighted by Crippen LogP contribution is -2.50. The summed E-state index contributed by atoms with van der Waals surface area (Å²) >= 11 is 0. The Balaban J connectivity index is 1.88. The van der Waals surface area contributed by atoms with Crippen LogP contribution in [0.3, 0.4) is 0 Å². The summed E-state index contributed by atoms with van der Waals surface area (Å²) in [6.07, 6.45) is 1.81. The minimum atomic E-state index is -1.16. The largest absolute Gasteiger partial charge is 0.497 e. The molecule has 4 rings (SSSR count). The molecule has 2 atom stereocenters. The molecule has 0 aromatic heterocycles. The molecule has 122 valence electrons. The van der Waals surface area contributed by atoms with Crippen molar-refractivity contribution in [3.63, 3.8) is 0 Å². The van der Waals surface area contributed by atoms with E-state index >= 15 is 0 Å². The van der Waals surface area contributed by atoms with Crippen LogP contribution in [0.25, 0.3) is 0 Å². The normalized spacial score (nSPS) is 24.8. The van der Waals surface area contributed by atoms with Crippen molar-refractivity contribution in [2.45, 2.75) is 11.8 Å². The van der Waals surface area contributed by atoms with Crippen LogP contribution in [0.15, 0.2) is 61.2 Å². The molecule has 1 spiro atoms. The predicted octanol–water partition coefficient (Wildman–Crippen LogP) is 2.89. The third-order valence-corrected chi connectivity index (χ3v) is 4.60. The van der Waals surface area contributed by atoms with Crippen LogP contribution in [0.2, 0.25) is 0 Å². The Morgan fingerprint density at radius 1 is 1.29 bits per heavy atom. The van der Waals surface area contributed by atoms with Crippen molar-refractivity contribution in [3.05, 3.63) is 66.7 Å². The smallest absolute Gasteiger partial charge is 0.283 e. The van der Waals surface area contributed by atoms with Gasteiger partial charge in [-0.2, -0.15) is 0 Å². The second-order valence-corrected chi connectivity index (χ2v) is 5.83. The molecule has 1 N–H and O–H groups in total. The Hall–Kier alpha value is -2.79. The first kappa shape index (κ1) is 14.8. The Morgan fingerprint density at radius 3 is 2.75 bits per heavy atom. The number of ether oxygens (including phenoxy) is 2. The molecule has 5 nitrogen and oxygen atoms in total. The van der Waals surface area contributed by atoms with Gasteiger partial charge in [-0.1, -0.05) is 24.3 Å². The standard InChI is InChI=1S/C19H18N2O3/c1-3-13-12-24-19(16-6-4-5-7-17(16)20-18(19)22)21(13)14-8-10-15(23-2)11-9-14/h3-11,13H,1,12H2,2H3,(H,20,22)/t13-,19+/m1/s1. The van der Waals surface area contributed by atoms with Crippen molar-refractivity contribution in [3.8, 4) is 5.75 Å². The van der Waals surface area contributed by atoms with Crippen molar-refractivity contribution in [1.29, 1.82) is 0 Å². The summed E-state index contributed by atoms with van der Waals surface area (Å²) in [4.78, 5) is 14.9. The van der Waals surface area contributed by atoms with Gasteiger partial charge >= 0.3 is 0 Å². The zero-order valence-corrected chi connectivity index (χ0v) is 13.4. The van der Waals surface area contributed by atoms with E-state index in [1.807, 2.05) is 59.5 Å². The van der Waals surface area contributed by atoms with Gasteiger partial charge in [0.05, 0.1) is 19.8 Å². The number of carbonyl (C=O) groups is 1. The molecule has 0 bridgehead atoms. The SMILES string of the molecule is C=C[C@@H]1CO[C@@]2(C(=O)Nc3ccccc32)N1c1ccc(OC)cc1. The van der Waals surface area contributed by atoms with E-state index in [1.54, 1.807) is 7.11 Å². The molecule has 1 fully saturated rings. The molecule has 0 unspecified atom stereocenters. The first-order valence-electron chi connectivity index (χ1n) is 7.81. The van der Waals surface area contributed by atoms with Crippen LogP contribution in [0, 0.1) is 0 Å². The Kier molecular flexibility index (Phi) is 3.32. The summed E-state index contributed by atoms with van der Waals surface area (Å²) in [5.74, 6) is 0.586. The second-order valence-electron chi connectivity index (χ2n) is 5.83. The summed E-state index contributed by atoms with van der Waals surface area (Å²) in [7, 11) is 1.63.